The van der Waals surface area contributed by atoms with Gasteiger partial charge in [0.2, 0.25) is 0 Å². The van der Waals surface area contributed by atoms with E-state index in [0.29, 0.717) is 24.6 Å². The lowest BCUT2D eigenvalue weighted by Gasteiger charge is -2.61. The van der Waals surface area contributed by atoms with E-state index in [9.17, 15) is 9.90 Å². The lowest BCUT2D eigenvalue weighted by atomic mass is 9.61. The Hall–Kier alpha value is -1.11. The molecule has 0 unspecified atom stereocenters. The molecule has 2 aliphatic heterocycles. The quantitative estimate of drug-likeness (QED) is 0.876. The molecule has 2 fully saturated rings. The van der Waals surface area contributed by atoms with Crippen molar-refractivity contribution in [3.05, 3.63) is 21.4 Å². The molecular formula is C20H30N2O3S. The molecule has 0 atom stereocenters. The third-order valence-electron chi connectivity index (χ3n) is 6.03. The van der Waals surface area contributed by atoms with E-state index in [2.05, 4.69) is 11.0 Å². The van der Waals surface area contributed by atoms with Gasteiger partial charge in [0.1, 0.15) is 5.60 Å². The maximum Gasteiger partial charge on any atom is 0.410 e. The van der Waals surface area contributed by atoms with Crippen LogP contribution in [0.5, 0.6) is 0 Å². The zero-order valence-corrected chi connectivity index (χ0v) is 16.9. The second-order valence-electron chi connectivity index (χ2n) is 9.17. The number of aliphatic hydroxyl groups excluding tert-OH is 1. The summed E-state index contributed by atoms with van der Waals surface area (Å²) in [5, 5.41) is 9.31. The van der Waals surface area contributed by atoms with Crippen LogP contribution in [0.3, 0.4) is 0 Å². The largest absolute Gasteiger partial charge is 0.444 e. The Bertz CT molecular complexity index is 688. The van der Waals surface area contributed by atoms with Crippen molar-refractivity contribution < 1.29 is 14.6 Å². The average molecular weight is 379 g/mol. The van der Waals surface area contributed by atoms with Gasteiger partial charge in [-0.15, -0.1) is 11.3 Å². The Kier molecular flexibility index (Phi) is 4.56. The van der Waals surface area contributed by atoms with E-state index >= 15 is 0 Å². The molecule has 3 aliphatic rings. The first kappa shape index (κ1) is 18.3. The minimum atomic E-state index is -0.446. The van der Waals surface area contributed by atoms with Crippen LogP contribution in [0.4, 0.5) is 4.79 Å². The number of fused-ring (bicyclic) bond motifs is 1. The number of ether oxygens (including phenoxy) is 1. The second-order valence-corrected chi connectivity index (χ2v) is 10.4. The van der Waals surface area contributed by atoms with Crippen LogP contribution in [0.1, 0.15) is 55.4 Å². The highest BCUT2D eigenvalue weighted by Gasteiger charge is 2.53. The minimum absolute atomic E-state index is 0.206. The van der Waals surface area contributed by atoms with Crippen LogP contribution in [0.15, 0.2) is 6.07 Å². The number of hydrogen-bond acceptors (Lipinski definition) is 5. The van der Waals surface area contributed by atoms with Gasteiger partial charge in [-0.3, -0.25) is 4.90 Å². The van der Waals surface area contributed by atoms with Crippen molar-refractivity contribution in [3.8, 4) is 0 Å². The molecule has 4 rings (SSSR count). The number of aliphatic hydroxyl groups is 1. The Labute approximate surface area is 159 Å². The first-order chi connectivity index (χ1) is 12.3. The van der Waals surface area contributed by atoms with Gasteiger partial charge in [0, 0.05) is 41.5 Å². The van der Waals surface area contributed by atoms with E-state index in [1.807, 2.05) is 37.0 Å². The van der Waals surface area contributed by atoms with Gasteiger partial charge in [-0.1, -0.05) is 0 Å². The van der Waals surface area contributed by atoms with Crippen molar-refractivity contribution in [2.24, 2.45) is 5.92 Å². The zero-order valence-electron chi connectivity index (χ0n) is 16.1. The Morgan fingerprint density at radius 2 is 2.15 bits per heavy atom. The molecule has 1 saturated heterocycles. The number of carbonyl (C=O) groups excluding carboxylic acids is 1. The number of carbonyl (C=O) groups is 1. The molecule has 1 aliphatic carbocycles. The van der Waals surface area contributed by atoms with Gasteiger partial charge in [0.25, 0.3) is 0 Å². The molecule has 1 N–H and O–H groups in total. The SMILES string of the molecule is CC(C)(C)OC(=O)N1CCc2sc(CN3CCC34CC(CO)C4)cc2C1. The molecule has 1 spiro atoms. The number of hydrogen-bond donors (Lipinski definition) is 1. The Morgan fingerprint density at radius 1 is 1.38 bits per heavy atom. The first-order valence-electron chi connectivity index (χ1n) is 9.72. The van der Waals surface area contributed by atoms with Gasteiger partial charge in [0.15, 0.2) is 0 Å². The first-order valence-corrected chi connectivity index (χ1v) is 10.5. The second kappa shape index (κ2) is 6.50. The predicted molar refractivity (Wildman–Crippen MR) is 102 cm³/mol. The van der Waals surface area contributed by atoms with Crippen molar-refractivity contribution in [1.29, 1.82) is 0 Å². The van der Waals surface area contributed by atoms with Gasteiger partial charge in [-0.2, -0.15) is 0 Å². The fraction of sp³-hybridized carbons (Fsp3) is 0.750. The van der Waals surface area contributed by atoms with Crippen molar-refractivity contribution in [3.63, 3.8) is 0 Å². The van der Waals surface area contributed by atoms with Crippen molar-refractivity contribution >= 4 is 17.4 Å². The van der Waals surface area contributed by atoms with Crippen LogP contribution in [-0.2, 0) is 24.2 Å². The van der Waals surface area contributed by atoms with Crippen molar-refractivity contribution in [2.75, 3.05) is 19.7 Å². The molecule has 0 bridgehead atoms. The zero-order chi connectivity index (χ0) is 18.5. The fourth-order valence-corrected chi connectivity index (χ4v) is 5.77. The molecule has 0 aromatic carbocycles. The average Bonchev–Trinajstić information content (AvgIpc) is 2.91. The summed E-state index contributed by atoms with van der Waals surface area (Å²) in [5.41, 5.74) is 1.22. The van der Waals surface area contributed by atoms with Gasteiger partial charge < -0.3 is 14.7 Å². The molecule has 144 valence electrons. The Balaban J connectivity index is 1.37. The third kappa shape index (κ3) is 3.39. The van der Waals surface area contributed by atoms with Gasteiger partial charge in [0.05, 0.1) is 6.54 Å². The number of nitrogens with zero attached hydrogens (tertiary/aromatic N) is 2. The molecular weight excluding hydrogens is 348 g/mol. The van der Waals surface area contributed by atoms with Gasteiger partial charge in [-0.05, 0) is 64.0 Å². The highest BCUT2D eigenvalue weighted by Crippen LogP contribution is 2.51. The maximum atomic E-state index is 12.3. The molecule has 1 aromatic heterocycles. The Morgan fingerprint density at radius 3 is 2.77 bits per heavy atom. The van der Waals surface area contributed by atoms with E-state index in [4.69, 9.17) is 4.74 Å². The fourth-order valence-electron chi connectivity index (χ4n) is 4.58. The molecule has 3 heterocycles. The summed E-state index contributed by atoms with van der Waals surface area (Å²) >= 11 is 1.91. The molecule has 5 nitrogen and oxygen atoms in total. The van der Waals surface area contributed by atoms with Gasteiger partial charge in [-0.25, -0.2) is 4.79 Å². The number of thiophene rings is 1. The summed E-state index contributed by atoms with van der Waals surface area (Å²) in [7, 11) is 0. The molecule has 1 saturated carbocycles. The molecule has 26 heavy (non-hydrogen) atoms. The number of likely N-dealkylation sites (tertiary alicyclic amines) is 1. The monoisotopic (exact) mass is 378 g/mol. The van der Waals surface area contributed by atoms with Crippen molar-refractivity contribution in [1.82, 2.24) is 9.80 Å². The maximum absolute atomic E-state index is 12.3. The minimum Gasteiger partial charge on any atom is -0.444 e. The lowest BCUT2D eigenvalue weighted by molar-refractivity contribution is -0.119. The normalized spacial score (nSPS) is 28.5. The summed E-state index contributed by atoms with van der Waals surface area (Å²) in [5.74, 6) is 0.511. The number of amides is 1. The van der Waals surface area contributed by atoms with Crippen molar-refractivity contribution in [2.45, 2.75) is 70.7 Å². The van der Waals surface area contributed by atoms with Crippen LogP contribution in [0.25, 0.3) is 0 Å². The van der Waals surface area contributed by atoms with Crippen LogP contribution >= 0.6 is 11.3 Å². The smallest absolute Gasteiger partial charge is 0.410 e. The van der Waals surface area contributed by atoms with E-state index in [-0.39, 0.29) is 6.09 Å². The molecule has 1 amide bonds. The number of rotatable bonds is 3. The summed E-state index contributed by atoms with van der Waals surface area (Å²) < 4.78 is 5.52. The summed E-state index contributed by atoms with van der Waals surface area (Å²) in [6.45, 7) is 9.66. The lowest BCUT2D eigenvalue weighted by Crippen LogP contribution is -2.66. The standard InChI is InChI=1S/C20H30N2O3S/c1-19(2,3)25-18(24)21-6-4-17-15(11-21)8-16(26-17)12-22-7-5-20(22)9-14(10-20)13-23/h8,14,23H,4-7,9-13H2,1-3H3. The van der Waals surface area contributed by atoms with E-state index < -0.39 is 5.60 Å². The summed E-state index contributed by atoms with van der Waals surface area (Å²) in [6.07, 6.45) is 4.31. The van der Waals surface area contributed by atoms with Crippen LogP contribution in [0, 0.1) is 5.92 Å². The van der Waals surface area contributed by atoms with Crippen LogP contribution < -0.4 is 0 Å². The topological polar surface area (TPSA) is 53.0 Å². The van der Waals surface area contributed by atoms with Crippen LogP contribution in [-0.4, -0.2) is 51.8 Å². The third-order valence-corrected chi connectivity index (χ3v) is 7.25. The summed E-state index contributed by atoms with van der Waals surface area (Å²) in [6, 6.07) is 2.30. The molecule has 0 radical (unpaired) electrons. The van der Waals surface area contributed by atoms with Crippen LogP contribution in [0.2, 0.25) is 0 Å². The highest BCUT2D eigenvalue weighted by molar-refractivity contribution is 7.12. The molecule has 6 heteroatoms. The van der Waals surface area contributed by atoms with E-state index in [0.717, 1.165) is 32.4 Å². The summed E-state index contributed by atoms with van der Waals surface area (Å²) in [4.78, 5) is 19.6. The predicted octanol–water partition coefficient (Wildman–Crippen LogP) is 3.39. The molecule has 1 aromatic rings. The van der Waals surface area contributed by atoms with E-state index in [1.165, 1.54) is 28.3 Å². The van der Waals surface area contributed by atoms with Gasteiger partial charge >= 0.3 is 6.09 Å². The van der Waals surface area contributed by atoms with E-state index in [1.54, 1.807) is 0 Å². The highest BCUT2D eigenvalue weighted by atomic mass is 32.1.